The molecule has 1 fully saturated rings. The number of fused-ring (bicyclic) bond motifs is 1. The number of H-pyrrole nitrogens is 1. The van der Waals surface area contributed by atoms with Gasteiger partial charge in [0.05, 0.1) is 6.61 Å². The summed E-state index contributed by atoms with van der Waals surface area (Å²) in [4.78, 5) is 23.2. The minimum absolute atomic E-state index is 0.0548. The Bertz CT molecular complexity index is 1060. The van der Waals surface area contributed by atoms with Gasteiger partial charge in [-0.05, 0) is 12.0 Å². The van der Waals surface area contributed by atoms with Crippen molar-refractivity contribution in [2.75, 3.05) is 18.1 Å². The number of anilines is 1. The number of aryl methyl sites for hydroxylation is 1. The number of nitrogens with zero attached hydrogens (tertiary/aromatic N) is 3. The second-order valence-corrected chi connectivity index (χ2v) is 7.76. The molecule has 11 heteroatoms. The normalized spacial score (nSPS) is 24.4. The number of aliphatic hydroxyl groups is 3. The van der Waals surface area contributed by atoms with E-state index in [1.54, 1.807) is 0 Å². The highest BCUT2D eigenvalue weighted by molar-refractivity contribution is 7.99. The molecule has 2 aromatic heterocycles. The lowest BCUT2D eigenvalue weighted by molar-refractivity contribution is -0.0548. The molecule has 3 heterocycles. The van der Waals surface area contributed by atoms with Gasteiger partial charge in [0.25, 0.3) is 5.56 Å². The predicted molar refractivity (Wildman–Crippen MR) is 106 cm³/mol. The minimum Gasteiger partial charge on any atom is -0.394 e. The van der Waals surface area contributed by atoms with E-state index in [2.05, 4.69) is 15.0 Å². The summed E-state index contributed by atoms with van der Waals surface area (Å²) in [6.07, 6.45) is -3.89. The third kappa shape index (κ3) is 3.74. The van der Waals surface area contributed by atoms with Gasteiger partial charge < -0.3 is 25.8 Å². The molecular formula is C18H21N5O5S. The Hall–Kier alpha value is -2.44. The lowest BCUT2D eigenvalue weighted by atomic mass is 10.1. The van der Waals surface area contributed by atoms with E-state index < -0.39 is 36.7 Å². The SMILES string of the molecule is Nc1nc2c(nc(SCCc3ccccc3)n2[C@H]2O[C@@H](CO)[C@@H](O)[C@@H]2O)c(=O)[nH]1. The number of hydrogen-bond donors (Lipinski definition) is 5. The van der Waals surface area contributed by atoms with Crippen LogP contribution in [-0.2, 0) is 11.2 Å². The van der Waals surface area contributed by atoms with E-state index in [1.165, 1.54) is 16.3 Å². The number of imidazole rings is 1. The van der Waals surface area contributed by atoms with Gasteiger partial charge in [0.15, 0.2) is 22.5 Å². The molecule has 1 aliphatic rings. The van der Waals surface area contributed by atoms with E-state index in [4.69, 9.17) is 10.5 Å². The number of aromatic amines is 1. The zero-order valence-electron chi connectivity index (χ0n) is 15.3. The number of aromatic nitrogens is 4. The first-order chi connectivity index (χ1) is 14.0. The fourth-order valence-corrected chi connectivity index (χ4v) is 4.32. The molecule has 154 valence electrons. The molecule has 1 saturated heterocycles. The van der Waals surface area contributed by atoms with Gasteiger partial charge >= 0.3 is 0 Å². The Morgan fingerprint density at radius 3 is 2.66 bits per heavy atom. The number of ether oxygens (including phenoxy) is 1. The monoisotopic (exact) mass is 419 g/mol. The third-order valence-electron chi connectivity index (χ3n) is 4.77. The van der Waals surface area contributed by atoms with Crippen molar-refractivity contribution in [1.82, 2.24) is 19.5 Å². The molecule has 0 spiro atoms. The lowest BCUT2D eigenvalue weighted by Crippen LogP contribution is -2.33. The lowest BCUT2D eigenvalue weighted by Gasteiger charge is -2.19. The number of nitrogens with two attached hydrogens (primary N) is 1. The molecule has 4 rings (SSSR count). The maximum atomic E-state index is 12.3. The summed E-state index contributed by atoms with van der Waals surface area (Å²) in [6.45, 7) is -0.464. The molecule has 1 aliphatic heterocycles. The van der Waals surface area contributed by atoms with Crippen molar-refractivity contribution in [1.29, 1.82) is 0 Å². The summed E-state index contributed by atoms with van der Waals surface area (Å²) < 4.78 is 7.10. The van der Waals surface area contributed by atoms with Gasteiger partial charge in [0, 0.05) is 5.75 Å². The summed E-state index contributed by atoms with van der Waals surface area (Å²) in [5.41, 5.74) is 6.52. The number of nitrogen functional groups attached to an aromatic ring is 1. The summed E-state index contributed by atoms with van der Waals surface area (Å²) in [5, 5.41) is 30.4. The number of hydrogen-bond acceptors (Lipinski definition) is 9. The van der Waals surface area contributed by atoms with E-state index in [0.29, 0.717) is 10.9 Å². The van der Waals surface area contributed by atoms with Crippen molar-refractivity contribution in [3.05, 3.63) is 46.2 Å². The highest BCUT2D eigenvalue weighted by Crippen LogP contribution is 2.35. The largest absolute Gasteiger partial charge is 0.394 e. The first-order valence-corrected chi connectivity index (χ1v) is 10.0. The van der Waals surface area contributed by atoms with E-state index in [-0.39, 0.29) is 17.1 Å². The maximum absolute atomic E-state index is 12.3. The Labute approximate surface area is 169 Å². The molecule has 4 atom stereocenters. The van der Waals surface area contributed by atoms with Gasteiger partial charge in [-0.2, -0.15) is 4.98 Å². The highest BCUT2D eigenvalue weighted by Gasteiger charge is 2.45. The average Bonchev–Trinajstić information content (AvgIpc) is 3.20. The number of benzene rings is 1. The number of nitrogens with one attached hydrogen (secondary N) is 1. The molecule has 0 aliphatic carbocycles. The van der Waals surface area contributed by atoms with Gasteiger partial charge in [-0.3, -0.25) is 14.3 Å². The number of rotatable bonds is 6. The van der Waals surface area contributed by atoms with E-state index in [9.17, 15) is 20.1 Å². The molecule has 0 amide bonds. The van der Waals surface area contributed by atoms with Crippen LogP contribution in [0.3, 0.4) is 0 Å². The summed E-state index contributed by atoms with van der Waals surface area (Å²) >= 11 is 1.36. The van der Waals surface area contributed by atoms with Crippen LogP contribution in [0.4, 0.5) is 5.95 Å². The van der Waals surface area contributed by atoms with Crippen LogP contribution in [0.15, 0.2) is 40.3 Å². The summed E-state index contributed by atoms with van der Waals surface area (Å²) in [7, 11) is 0. The van der Waals surface area contributed by atoms with Crippen LogP contribution in [-0.4, -0.2) is 65.5 Å². The second kappa shape index (κ2) is 8.13. The Kier molecular flexibility index (Phi) is 5.56. The molecule has 0 saturated carbocycles. The zero-order valence-corrected chi connectivity index (χ0v) is 16.1. The molecular weight excluding hydrogens is 398 g/mol. The molecule has 0 radical (unpaired) electrons. The predicted octanol–water partition coefficient (Wildman–Crippen LogP) is -0.352. The van der Waals surface area contributed by atoms with Crippen LogP contribution >= 0.6 is 11.8 Å². The van der Waals surface area contributed by atoms with E-state index in [1.807, 2.05) is 30.3 Å². The van der Waals surface area contributed by atoms with Crippen molar-refractivity contribution in [3.63, 3.8) is 0 Å². The van der Waals surface area contributed by atoms with Crippen LogP contribution < -0.4 is 11.3 Å². The first-order valence-electron chi connectivity index (χ1n) is 9.06. The fourth-order valence-electron chi connectivity index (χ4n) is 3.31. The molecule has 1 aromatic carbocycles. The van der Waals surface area contributed by atoms with Crippen LogP contribution in [0.1, 0.15) is 11.8 Å². The summed E-state index contributed by atoms with van der Waals surface area (Å²) in [6, 6.07) is 9.90. The highest BCUT2D eigenvalue weighted by atomic mass is 32.2. The maximum Gasteiger partial charge on any atom is 0.280 e. The molecule has 3 aromatic rings. The van der Waals surface area contributed by atoms with Crippen LogP contribution in [0, 0.1) is 0 Å². The van der Waals surface area contributed by atoms with Crippen molar-refractivity contribution < 1.29 is 20.1 Å². The first kappa shape index (κ1) is 19.9. The molecule has 0 unspecified atom stereocenters. The van der Waals surface area contributed by atoms with Crippen LogP contribution in [0.25, 0.3) is 11.2 Å². The van der Waals surface area contributed by atoms with Gasteiger partial charge in [-0.25, -0.2) is 4.98 Å². The standard InChI is InChI=1S/C18H21N5O5S/c19-17-21-14-11(15(27)22-17)20-18(29-7-6-9-4-2-1-3-5-9)23(14)16-13(26)12(25)10(8-24)28-16/h1-5,10,12-13,16,24-26H,6-8H2,(H3,19,21,22,27)/t10-,12+,13-,16-/m0/s1. The minimum atomic E-state index is -1.33. The average molecular weight is 419 g/mol. The second-order valence-electron chi connectivity index (χ2n) is 6.70. The zero-order chi connectivity index (χ0) is 20.5. The van der Waals surface area contributed by atoms with Crippen LogP contribution in [0.5, 0.6) is 0 Å². The van der Waals surface area contributed by atoms with Crippen LogP contribution in [0.2, 0.25) is 0 Å². The molecule has 29 heavy (non-hydrogen) atoms. The van der Waals surface area contributed by atoms with E-state index in [0.717, 1.165) is 12.0 Å². The van der Waals surface area contributed by atoms with Crippen molar-refractivity contribution in [2.24, 2.45) is 0 Å². The summed E-state index contributed by atoms with van der Waals surface area (Å²) in [5.74, 6) is 0.548. The Morgan fingerprint density at radius 2 is 1.97 bits per heavy atom. The topological polar surface area (TPSA) is 160 Å². The Balaban J connectivity index is 1.70. The quantitative estimate of drug-likeness (QED) is 0.336. The van der Waals surface area contributed by atoms with Gasteiger partial charge in [-0.1, -0.05) is 42.1 Å². The number of aliphatic hydroxyl groups excluding tert-OH is 3. The van der Waals surface area contributed by atoms with Crippen molar-refractivity contribution in [3.8, 4) is 0 Å². The van der Waals surface area contributed by atoms with E-state index >= 15 is 0 Å². The van der Waals surface area contributed by atoms with Gasteiger partial charge in [0.2, 0.25) is 5.95 Å². The molecule has 10 nitrogen and oxygen atoms in total. The third-order valence-corrected chi connectivity index (χ3v) is 5.73. The Morgan fingerprint density at radius 1 is 1.21 bits per heavy atom. The van der Waals surface area contributed by atoms with Crippen molar-refractivity contribution >= 4 is 28.9 Å². The number of thioether (sulfide) groups is 1. The van der Waals surface area contributed by atoms with Gasteiger partial charge in [-0.15, -0.1) is 0 Å². The van der Waals surface area contributed by atoms with Crippen molar-refractivity contribution in [2.45, 2.75) is 36.1 Å². The smallest absolute Gasteiger partial charge is 0.280 e. The molecule has 6 N–H and O–H groups in total. The van der Waals surface area contributed by atoms with Gasteiger partial charge in [0.1, 0.15) is 18.3 Å². The fraction of sp³-hybridized carbons (Fsp3) is 0.389. The molecule has 0 bridgehead atoms.